The molecule has 1 aliphatic heterocycles. The van der Waals surface area contributed by atoms with E-state index >= 15 is 0 Å². The Morgan fingerprint density at radius 2 is 1.44 bits per heavy atom. The molecule has 0 saturated heterocycles. The van der Waals surface area contributed by atoms with Crippen LogP contribution in [0, 0.1) is 5.92 Å². The van der Waals surface area contributed by atoms with Crippen LogP contribution in [0.15, 0.2) is 108 Å². The molecule has 5 rings (SSSR count). The quantitative estimate of drug-likeness (QED) is 0.178. The number of anilines is 1. The summed E-state index contributed by atoms with van der Waals surface area (Å²) in [7, 11) is 1.72. The molecule has 0 aliphatic carbocycles. The molecule has 0 fully saturated rings. The number of carbonyl (C=O) groups excluding carboxylic acids is 2. The summed E-state index contributed by atoms with van der Waals surface area (Å²) >= 11 is 0. The number of esters is 1. The Balaban J connectivity index is 1.61. The van der Waals surface area contributed by atoms with Gasteiger partial charge >= 0.3 is 5.97 Å². The molecule has 1 amide bonds. The first-order chi connectivity index (χ1) is 19.7. The standard InChI is InChI=1S/C35H34N2O4/c1-35(2,3)41-31(38)22-27-20-26-21-28(36-32(24-14-8-5-9-15-24)25-16-10-6-11-17-25)23-30(33(26)37(4)34(27)39)40-29-18-12-7-13-19-29/h5-19,21,23,27H,20,22H2,1-4H3. The van der Waals surface area contributed by atoms with E-state index in [0.29, 0.717) is 29.3 Å². The van der Waals surface area contributed by atoms with Crippen LogP contribution in [0.5, 0.6) is 11.5 Å². The first kappa shape index (κ1) is 27.8. The van der Waals surface area contributed by atoms with Gasteiger partial charge in [0.15, 0.2) is 5.75 Å². The number of para-hydroxylation sites is 1. The highest BCUT2D eigenvalue weighted by molar-refractivity contribution is 6.14. The molecule has 1 unspecified atom stereocenters. The second kappa shape index (κ2) is 11.8. The van der Waals surface area contributed by atoms with E-state index in [4.69, 9.17) is 14.5 Å². The normalized spacial score (nSPS) is 14.7. The zero-order valence-corrected chi connectivity index (χ0v) is 23.8. The van der Waals surface area contributed by atoms with Crippen molar-refractivity contribution in [1.29, 1.82) is 0 Å². The van der Waals surface area contributed by atoms with Gasteiger partial charge in [0.05, 0.1) is 29.4 Å². The van der Waals surface area contributed by atoms with Gasteiger partial charge in [-0.25, -0.2) is 4.99 Å². The molecular weight excluding hydrogens is 512 g/mol. The highest BCUT2D eigenvalue weighted by Crippen LogP contribution is 2.43. The van der Waals surface area contributed by atoms with E-state index < -0.39 is 17.5 Å². The Morgan fingerprint density at radius 3 is 2.00 bits per heavy atom. The second-order valence-electron chi connectivity index (χ2n) is 11.1. The molecule has 41 heavy (non-hydrogen) atoms. The fraction of sp³-hybridized carbons (Fsp3) is 0.229. The highest BCUT2D eigenvalue weighted by atomic mass is 16.6. The Morgan fingerprint density at radius 1 is 0.878 bits per heavy atom. The third-order valence-corrected chi connectivity index (χ3v) is 6.76. The molecule has 0 radical (unpaired) electrons. The Labute approximate surface area is 241 Å². The minimum Gasteiger partial charge on any atom is -0.460 e. The lowest BCUT2D eigenvalue weighted by molar-refractivity contribution is -0.157. The summed E-state index contributed by atoms with van der Waals surface area (Å²) in [5.41, 5.74) is 4.42. The lowest BCUT2D eigenvalue weighted by atomic mass is 9.88. The number of rotatable bonds is 7. The van der Waals surface area contributed by atoms with Crippen molar-refractivity contribution >= 4 is 29.0 Å². The molecule has 0 saturated carbocycles. The van der Waals surface area contributed by atoms with Gasteiger partial charge in [0.2, 0.25) is 5.91 Å². The lowest BCUT2D eigenvalue weighted by Gasteiger charge is -2.33. The molecule has 4 aromatic rings. The minimum absolute atomic E-state index is 0.00152. The number of hydrogen-bond donors (Lipinski definition) is 0. The van der Waals surface area contributed by atoms with Crippen LogP contribution in [-0.4, -0.2) is 30.2 Å². The van der Waals surface area contributed by atoms with E-state index in [0.717, 1.165) is 22.4 Å². The van der Waals surface area contributed by atoms with Gasteiger partial charge in [-0.3, -0.25) is 9.59 Å². The SMILES string of the molecule is CN1C(=O)C(CC(=O)OC(C)(C)C)Cc2cc(N=C(c3ccccc3)c3ccccc3)cc(Oc3ccccc3)c21. The molecular formula is C35H34N2O4. The van der Waals surface area contributed by atoms with E-state index in [1.807, 2.05) is 124 Å². The van der Waals surface area contributed by atoms with Gasteiger partial charge in [0.1, 0.15) is 11.4 Å². The Bertz CT molecular complexity index is 1520. The fourth-order valence-electron chi connectivity index (χ4n) is 5.04. The predicted octanol–water partition coefficient (Wildman–Crippen LogP) is 7.51. The molecule has 0 bridgehead atoms. The molecule has 6 heteroatoms. The molecule has 0 aromatic heterocycles. The molecule has 6 nitrogen and oxygen atoms in total. The predicted molar refractivity (Wildman–Crippen MR) is 162 cm³/mol. The topological polar surface area (TPSA) is 68.2 Å². The molecule has 0 spiro atoms. The summed E-state index contributed by atoms with van der Waals surface area (Å²) in [5, 5.41) is 0. The zero-order chi connectivity index (χ0) is 29.0. The van der Waals surface area contributed by atoms with Gasteiger partial charge in [0, 0.05) is 24.2 Å². The maximum atomic E-state index is 13.5. The third kappa shape index (κ3) is 6.72. The summed E-state index contributed by atoms with van der Waals surface area (Å²) in [6.07, 6.45) is 0.375. The number of aliphatic imine (C=N–C) groups is 1. The average Bonchev–Trinajstić information content (AvgIpc) is 2.95. The van der Waals surface area contributed by atoms with Crippen molar-refractivity contribution in [2.75, 3.05) is 11.9 Å². The molecule has 0 N–H and O–H groups in total. The molecule has 1 heterocycles. The van der Waals surface area contributed by atoms with Crippen LogP contribution in [0.3, 0.4) is 0 Å². The van der Waals surface area contributed by atoms with Crippen molar-refractivity contribution in [3.63, 3.8) is 0 Å². The van der Waals surface area contributed by atoms with E-state index in [1.54, 1.807) is 11.9 Å². The second-order valence-corrected chi connectivity index (χ2v) is 11.1. The van der Waals surface area contributed by atoms with Crippen molar-refractivity contribution in [2.24, 2.45) is 10.9 Å². The summed E-state index contributed by atoms with van der Waals surface area (Å²) in [4.78, 5) is 32.9. The average molecular weight is 547 g/mol. The monoisotopic (exact) mass is 546 g/mol. The highest BCUT2D eigenvalue weighted by Gasteiger charge is 2.36. The molecule has 1 aliphatic rings. The fourth-order valence-corrected chi connectivity index (χ4v) is 5.04. The van der Waals surface area contributed by atoms with Crippen LogP contribution in [-0.2, 0) is 20.7 Å². The zero-order valence-electron chi connectivity index (χ0n) is 23.8. The van der Waals surface area contributed by atoms with Crippen LogP contribution in [0.25, 0.3) is 0 Å². The van der Waals surface area contributed by atoms with Crippen LogP contribution in [0.2, 0.25) is 0 Å². The number of ether oxygens (including phenoxy) is 2. The van der Waals surface area contributed by atoms with Crippen LogP contribution in [0.4, 0.5) is 11.4 Å². The summed E-state index contributed by atoms with van der Waals surface area (Å²) in [6.45, 7) is 5.47. The van der Waals surface area contributed by atoms with E-state index in [-0.39, 0.29) is 12.3 Å². The number of hydrogen-bond acceptors (Lipinski definition) is 5. The number of amides is 1. The van der Waals surface area contributed by atoms with Crippen molar-refractivity contribution < 1.29 is 19.1 Å². The Kier molecular flexibility index (Phi) is 8.02. The number of fused-ring (bicyclic) bond motifs is 1. The van der Waals surface area contributed by atoms with Gasteiger partial charge in [-0.05, 0) is 51.0 Å². The largest absolute Gasteiger partial charge is 0.460 e. The van der Waals surface area contributed by atoms with Gasteiger partial charge < -0.3 is 14.4 Å². The first-order valence-corrected chi connectivity index (χ1v) is 13.8. The van der Waals surface area contributed by atoms with Gasteiger partial charge in [-0.1, -0.05) is 78.9 Å². The first-order valence-electron chi connectivity index (χ1n) is 13.8. The van der Waals surface area contributed by atoms with E-state index in [2.05, 4.69) is 0 Å². The smallest absolute Gasteiger partial charge is 0.307 e. The van der Waals surface area contributed by atoms with Crippen molar-refractivity contribution in [3.05, 3.63) is 120 Å². The van der Waals surface area contributed by atoms with Gasteiger partial charge in [-0.15, -0.1) is 0 Å². The minimum atomic E-state index is -0.623. The molecule has 208 valence electrons. The summed E-state index contributed by atoms with van der Waals surface area (Å²) in [5.74, 6) is 0.0946. The van der Waals surface area contributed by atoms with Crippen LogP contribution >= 0.6 is 0 Å². The molecule has 1 atom stereocenters. The van der Waals surface area contributed by atoms with Crippen LogP contribution < -0.4 is 9.64 Å². The third-order valence-electron chi connectivity index (χ3n) is 6.76. The maximum absolute atomic E-state index is 13.5. The lowest BCUT2D eigenvalue weighted by Crippen LogP contribution is -2.40. The van der Waals surface area contributed by atoms with E-state index in [9.17, 15) is 9.59 Å². The van der Waals surface area contributed by atoms with Gasteiger partial charge in [0.25, 0.3) is 0 Å². The van der Waals surface area contributed by atoms with Crippen molar-refractivity contribution in [1.82, 2.24) is 0 Å². The van der Waals surface area contributed by atoms with Crippen LogP contribution in [0.1, 0.15) is 43.9 Å². The van der Waals surface area contributed by atoms with Gasteiger partial charge in [-0.2, -0.15) is 0 Å². The molecule has 4 aromatic carbocycles. The summed E-state index contributed by atoms with van der Waals surface area (Å²) < 4.78 is 11.9. The maximum Gasteiger partial charge on any atom is 0.307 e. The van der Waals surface area contributed by atoms with Crippen molar-refractivity contribution in [2.45, 2.75) is 39.2 Å². The summed E-state index contributed by atoms with van der Waals surface area (Å²) in [6, 6.07) is 33.4. The Hall–Kier alpha value is -4.71. The van der Waals surface area contributed by atoms with E-state index in [1.165, 1.54) is 0 Å². The number of nitrogens with zero attached hydrogens (tertiary/aromatic N) is 2. The number of benzene rings is 4. The van der Waals surface area contributed by atoms with Crippen molar-refractivity contribution in [3.8, 4) is 11.5 Å². The number of carbonyl (C=O) groups is 2.